The van der Waals surface area contributed by atoms with Gasteiger partial charge in [-0.1, -0.05) is 36.4 Å². The van der Waals surface area contributed by atoms with Crippen molar-refractivity contribution in [3.05, 3.63) is 65.1 Å². The highest BCUT2D eigenvalue weighted by Crippen LogP contribution is 2.23. The fraction of sp³-hybridized carbons (Fsp3) is 0. The molecule has 0 radical (unpaired) electrons. The number of aromatic hydroxyl groups is 1. The van der Waals surface area contributed by atoms with Crippen LogP contribution in [0.5, 0.6) is 5.88 Å². The third-order valence-corrected chi connectivity index (χ3v) is 2.64. The fourth-order valence-corrected chi connectivity index (χ4v) is 1.82. The summed E-state index contributed by atoms with van der Waals surface area (Å²) in [6.45, 7) is 0. The van der Waals surface area contributed by atoms with E-state index in [9.17, 15) is 9.90 Å². The smallest absolute Gasteiger partial charge is 0.277 e. The van der Waals surface area contributed by atoms with Crippen molar-refractivity contribution in [2.75, 3.05) is 0 Å². The minimum Gasteiger partial charge on any atom is -0.493 e. The Labute approximate surface area is 103 Å². The molecule has 0 atom stereocenters. The molecule has 4 heteroatoms. The SMILES string of the molecule is O=c1c(-c2ccccc2)c(O)nc2ccc#cn12. The molecular weight excluding hydrogens is 228 g/mol. The maximum Gasteiger partial charge on any atom is 0.277 e. The van der Waals surface area contributed by atoms with Crippen LogP contribution in [0.25, 0.3) is 16.8 Å². The standard InChI is InChI=1S/C14H8N2O2/c17-13-12(10-6-2-1-3-7-10)14(18)16-9-5-4-8-11(16)15-13/h1-4,6-8,17H. The number of aromatic nitrogens is 2. The van der Waals surface area contributed by atoms with Crippen molar-refractivity contribution in [1.82, 2.24) is 9.38 Å². The summed E-state index contributed by atoms with van der Waals surface area (Å²) in [6, 6.07) is 14.8. The lowest BCUT2D eigenvalue weighted by Crippen LogP contribution is -2.16. The summed E-state index contributed by atoms with van der Waals surface area (Å²) in [5, 5.41) is 9.89. The monoisotopic (exact) mass is 236 g/mol. The number of nitrogens with zero attached hydrogens (tertiary/aromatic N) is 2. The number of fused-ring (bicyclic) bond motifs is 1. The van der Waals surface area contributed by atoms with Gasteiger partial charge in [0.25, 0.3) is 5.56 Å². The molecule has 1 aromatic carbocycles. The second-order valence-electron chi connectivity index (χ2n) is 3.76. The van der Waals surface area contributed by atoms with E-state index in [0.717, 1.165) is 0 Å². The van der Waals surface area contributed by atoms with Crippen molar-refractivity contribution in [2.24, 2.45) is 0 Å². The first-order valence-corrected chi connectivity index (χ1v) is 5.37. The van der Waals surface area contributed by atoms with Crippen LogP contribution in [-0.4, -0.2) is 14.5 Å². The Balaban J connectivity index is 2.41. The van der Waals surface area contributed by atoms with Gasteiger partial charge in [0, 0.05) is 6.20 Å². The molecule has 0 spiro atoms. The summed E-state index contributed by atoms with van der Waals surface area (Å²) in [5.74, 6) is -0.272. The molecule has 3 rings (SSSR count). The molecule has 0 unspecified atom stereocenters. The van der Waals surface area contributed by atoms with Gasteiger partial charge < -0.3 is 5.11 Å². The van der Waals surface area contributed by atoms with E-state index < -0.39 is 0 Å². The minimum absolute atomic E-state index is 0.170. The Hall–Kier alpha value is -2.80. The van der Waals surface area contributed by atoms with Crippen LogP contribution in [0, 0.1) is 12.3 Å². The molecule has 0 bridgehead atoms. The van der Waals surface area contributed by atoms with Crippen molar-refractivity contribution >= 4 is 5.65 Å². The zero-order valence-electron chi connectivity index (χ0n) is 9.29. The van der Waals surface area contributed by atoms with Gasteiger partial charge in [0.05, 0.1) is 0 Å². The highest BCUT2D eigenvalue weighted by molar-refractivity contribution is 5.68. The molecule has 86 valence electrons. The highest BCUT2D eigenvalue weighted by Gasteiger charge is 2.13. The molecule has 2 aromatic heterocycles. The van der Waals surface area contributed by atoms with Gasteiger partial charge in [-0.15, -0.1) is 0 Å². The number of benzene rings is 1. The Bertz CT molecular complexity index is 764. The third-order valence-electron chi connectivity index (χ3n) is 2.64. The number of rotatable bonds is 1. The molecule has 0 aliphatic carbocycles. The molecule has 0 aliphatic rings. The van der Waals surface area contributed by atoms with Crippen LogP contribution in [-0.2, 0) is 0 Å². The molecule has 0 aliphatic heterocycles. The number of hydrogen-bond acceptors (Lipinski definition) is 3. The summed E-state index contributed by atoms with van der Waals surface area (Å²) >= 11 is 0. The van der Waals surface area contributed by atoms with Gasteiger partial charge in [0.2, 0.25) is 5.88 Å². The van der Waals surface area contributed by atoms with Crippen molar-refractivity contribution in [3.8, 4) is 17.0 Å². The van der Waals surface area contributed by atoms with E-state index in [1.807, 2.05) is 6.07 Å². The summed E-state index contributed by atoms with van der Waals surface area (Å²) in [5.41, 5.74) is 0.777. The lowest BCUT2D eigenvalue weighted by Gasteiger charge is -2.04. The molecule has 0 amide bonds. The maximum absolute atomic E-state index is 12.3. The van der Waals surface area contributed by atoms with Gasteiger partial charge in [-0.25, -0.2) is 4.40 Å². The summed E-state index contributed by atoms with van der Waals surface area (Å²) in [7, 11) is 0. The Morgan fingerprint density at radius 2 is 1.94 bits per heavy atom. The van der Waals surface area contributed by atoms with Gasteiger partial charge in [-0.05, 0) is 17.7 Å². The van der Waals surface area contributed by atoms with Crippen LogP contribution in [0.15, 0.2) is 47.3 Å². The largest absolute Gasteiger partial charge is 0.493 e. The normalized spacial score (nSPS) is 10.2. The Morgan fingerprint density at radius 1 is 1.17 bits per heavy atom. The van der Waals surface area contributed by atoms with Gasteiger partial charge in [-0.2, -0.15) is 4.98 Å². The molecule has 3 aromatic rings. The molecule has 18 heavy (non-hydrogen) atoms. The highest BCUT2D eigenvalue weighted by atomic mass is 16.3. The average Bonchev–Trinajstić information content (AvgIpc) is 2.40. The van der Waals surface area contributed by atoms with Crippen LogP contribution in [0.2, 0.25) is 0 Å². The topological polar surface area (TPSA) is 54.6 Å². The minimum atomic E-state index is -0.361. The molecular formula is C14H8N2O2. The van der Waals surface area contributed by atoms with Gasteiger partial charge in [0.1, 0.15) is 5.56 Å². The first kappa shape index (κ1) is 10.4. The maximum atomic E-state index is 12.3. The first-order chi connectivity index (χ1) is 8.77. The van der Waals surface area contributed by atoms with E-state index in [0.29, 0.717) is 11.2 Å². The second kappa shape index (κ2) is 3.90. The van der Waals surface area contributed by atoms with E-state index in [2.05, 4.69) is 17.2 Å². The van der Waals surface area contributed by atoms with Gasteiger partial charge >= 0.3 is 0 Å². The zero-order chi connectivity index (χ0) is 12.5. The van der Waals surface area contributed by atoms with Crippen LogP contribution in [0.3, 0.4) is 0 Å². The summed E-state index contributed by atoms with van der Waals surface area (Å²) in [4.78, 5) is 16.2. The molecule has 2 heterocycles. The van der Waals surface area contributed by atoms with Crippen molar-refractivity contribution < 1.29 is 5.11 Å². The van der Waals surface area contributed by atoms with Crippen LogP contribution in [0.4, 0.5) is 0 Å². The molecule has 0 saturated carbocycles. The summed E-state index contributed by atoms with van der Waals surface area (Å²) in [6.07, 6.45) is 2.66. The van der Waals surface area contributed by atoms with Crippen LogP contribution in [0.1, 0.15) is 0 Å². The molecule has 4 nitrogen and oxygen atoms in total. The lowest BCUT2D eigenvalue weighted by molar-refractivity contribution is 0.455. The van der Waals surface area contributed by atoms with E-state index in [1.165, 1.54) is 4.40 Å². The van der Waals surface area contributed by atoms with E-state index in [1.54, 1.807) is 36.4 Å². The van der Waals surface area contributed by atoms with Crippen molar-refractivity contribution in [3.63, 3.8) is 0 Å². The van der Waals surface area contributed by atoms with Crippen molar-refractivity contribution in [2.45, 2.75) is 0 Å². The quantitative estimate of drug-likeness (QED) is 0.699. The second-order valence-corrected chi connectivity index (χ2v) is 3.76. The predicted octanol–water partition coefficient (Wildman–Crippen LogP) is 1.67. The zero-order valence-corrected chi connectivity index (χ0v) is 9.29. The van der Waals surface area contributed by atoms with E-state index in [4.69, 9.17) is 0 Å². The van der Waals surface area contributed by atoms with Crippen molar-refractivity contribution in [1.29, 1.82) is 0 Å². The molecule has 0 fully saturated rings. The first-order valence-electron chi connectivity index (χ1n) is 5.37. The van der Waals surface area contributed by atoms with Crippen LogP contribution >= 0.6 is 0 Å². The number of hydrogen-bond donors (Lipinski definition) is 1. The Morgan fingerprint density at radius 3 is 2.72 bits per heavy atom. The van der Waals surface area contributed by atoms with Gasteiger partial charge in [-0.3, -0.25) is 4.79 Å². The predicted molar refractivity (Wildman–Crippen MR) is 66.2 cm³/mol. The fourth-order valence-electron chi connectivity index (χ4n) is 1.82. The lowest BCUT2D eigenvalue weighted by atomic mass is 10.1. The van der Waals surface area contributed by atoms with E-state index in [-0.39, 0.29) is 17.0 Å². The average molecular weight is 236 g/mol. The molecule has 1 N–H and O–H groups in total. The molecule has 0 saturated heterocycles. The Kier molecular flexibility index (Phi) is 2.24. The van der Waals surface area contributed by atoms with E-state index >= 15 is 0 Å². The van der Waals surface area contributed by atoms with Crippen LogP contribution < -0.4 is 5.56 Å². The van der Waals surface area contributed by atoms with Gasteiger partial charge in [0.15, 0.2) is 5.65 Å². The summed E-state index contributed by atoms with van der Waals surface area (Å²) < 4.78 is 1.24. The third kappa shape index (κ3) is 1.50.